The first-order valence-corrected chi connectivity index (χ1v) is 8.35. The standard InChI is InChI=1S/C19H22N4/c1-12-2-4-15(8-12)22-18-10-19(20)23-17-9-13(3-5-16(17)18)14-6-7-21-11-14/h3,5-7,9-10,12,15H,2,4,8,11H2,1H3,(H3,20,22,23)/t12-,15+/m0/s1. The van der Waals surface area contributed by atoms with Crippen LogP contribution in [0.1, 0.15) is 31.7 Å². The van der Waals surface area contributed by atoms with Crippen LogP contribution in [0.15, 0.2) is 35.3 Å². The lowest BCUT2D eigenvalue weighted by Crippen LogP contribution is -2.16. The number of benzene rings is 1. The van der Waals surface area contributed by atoms with Crippen molar-refractivity contribution in [2.45, 2.75) is 32.2 Å². The minimum absolute atomic E-state index is 0.542. The van der Waals surface area contributed by atoms with Gasteiger partial charge in [0, 0.05) is 29.4 Å². The predicted molar refractivity (Wildman–Crippen MR) is 97.9 cm³/mol. The molecule has 0 bridgehead atoms. The van der Waals surface area contributed by atoms with E-state index in [1.807, 2.05) is 12.3 Å². The van der Waals surface area contributed by atoms with Gasteiger partial charge in [0.15, 0.2) is 0 Å². The molecule has 2 aliphatic rings. The third-order valence-corrected chi connectivity index (χ3v) is 4.90. The number of pyridine rings is 1. The average Bonchev–Trinajstić information content (AvgIpc) is 3.18. The quantitative estimate of drug-likeness (QED) is 0.904. The van der Waals surface area contributed by atoms with Crippen LogP contribution in [0.2, 0.25) is 0 Å². The molecule has 1 saturated carbocycles. The SMILES string of the molecule is C[C@H]1CC[C@@H](Nc2cc(N)nc3cc(C4=CC=NC4)ccc23)C1. The summed E-state index contributed by atoms with van der Waals surface area (Å²) in [6.45, 7) is 3.07. The maximum absolute atomic E-state index is 6.04. The maximum Gasteiger partial charge on any atom is 0.126 e. The van der Waals surface area contributed by atoms with Gasteiger partial charge < -0.3 is 11.1 Å². The van der Waals surface area contributed by atoms with Crippen molar-refractivity contribution in [2.24, 2.45) is 10.9 Å². The topological polar surface area (TPSA) is 63.3 Å². The first-order chi connectivity index (χ1) is 11.2. The fourth-order valence-corrected chi connectivity index (χ4v) is 3.66. The highest BCUT2D eigenvalue weighted by Gasteiger charge is 2.21. The van der Waals surface area contributed by atoms with Crippen LogP contribution in [0.5, 0.6) is 0 Å². The van der Waals surface area contributed by atoms with Gasteiger partial charge in [-0.2, -0.15) is 0 Å². The number of nitrogens with two attached hydrogens (primary N) is 1. The molecule has 118 valence electrons. The zero-order chi connectivity index (χ0) is 15.8. The molecular weight excluding hydrogens is 284 g/mol. The summed E-state index contributed by atoms with van der Waals surface area (Å²) < 4.78 is 0. The summed E-state index contributed by atoms with van der Waals surface area (Å²) in [4.78, 5) is 8.78. The van der Waals surface area contributed by atoms with Crippen LogP contribution in [-0.2, 0) is 0 Å². The number of rotatable bonds is 3. The van der Waals surface area contributed by atoms with E-state index in [0.29, 0.717) is 11.9 Å². The predicted octanol–water partition coefficient (Wildman–Crippen LogP) is 3.89. The van der Waals surface area contributed by atoms with Crippen molar-refractivity contribution in [1.29, 1.82) is 0 Å². The van der Waals surface area contributed by atoms with Crippen LogP contribution < -0.4 is 11.1 Å². The molecule has 4 nitrogen and oxygen atoms in total. The number of aromatic nitrogens is 1. The molecule has 0 amide bonds. The molecule has 23 heavy (non-hydrogen) atoms. The number of nitrogens with one attached hydrogen (secondary N) is 1. The van der Waals surface area contributed by atoms with Crippen molar-refractivity contribution >= 4 is 34.2 Å². The molecule has 2 atom stereocenters. The molecule has 1 fully saturated rings. The Morgan fingerprint density at radius 1 is 1.22 bits per heavy atom. The fraction of sp³-hybridized carbons (Fsp3) is 0.368. The highest BCUT2D eigenvalue weighted by molar-refractivity contribution is 5.97. The van der Waals surface area contributed by atoms with E-state index in [9.17, 15) is 0 Å². The Kier molecular flexibility index (Phi) is 3.52. The van der Waals surface area contributed by atoms with Gasteiger partial charge in [0.05, 0.1) is 12.1 Å². The number of nitrogen functional groups attached to an aromatic ring is 1. The molecule has 0 radical (unpaired) electrons. The van der Waals surface area contributed by atoms with E-state index in [1.54, 1.807) is 0 Å². The Balaban J connectivity index is 1.70. The first kappa shape index (κ1) is 14.2. The monoisotopic (exact) mass is 306 g/mol. The number of anilines is 2. The zero-order valence-corrected chi connectivity index (χ0v) is 13.4. The molecular formula is C19H22N4. The van der Waals surface area contributed by atoms with Gasteiger partial charge >= 0.3 is 0 Å². The zero-order valence-electron chi connectivity index (χ0n) is 13.4. The molecule has 3 N–H and O–H groups in total. The van der Waals surface area contributed by atoms with E-state index < -0.39 is 0 Å². The number of hydrogen-bond acceptors (Lipinski definition) is 4. The third-order valence-electron chi connectivity index (χ3n) is 4.90. The Hall–Kier alpha value is -2.36. The van der Waals surface area contributed by atoms with E-state index in [4.69, 9.17) is 5.73 Å². The van der Waals surface area contributed by atoms with Crippen molar-refractivity contribution in [3.05, 3.63) is 35.9 Å². The molecule has 1 aromatic heterocycles. The largest absolute Gasteiger partial charge is 0.384 e. The van der Waals surface area contributed by atoms with Crippen LogP contribution in [-0.4, -0.2) is 23.8 Å². The van der Waals surface area contributed by atoms with E-state index in [0.717, 1.165) is 29.1 Å². The van der Waals surface area contributed by atoms with Gasteiger partial charge in [-0.3, -0.25) is 4.99 Å². The van der Waals surface area contributed by atoms with Crippen molar-refractivity contribution in [1.82, 2.24) is 4.98 Å². The molecule has 4 heteroatoms. The van der Waals surface area contributed by atoms with Crippen LogP contribution >= 0.6 is 0 Å². The van der Waals surface area contributed by atoms with Crippen LogP contribution in [0, 0.1) is 5.92 Å². The summed E-state index contributed by atoms with van der Waals surface area (Å²) >= 11 is 0. The normalized spacial score (nSPS) is 23.4. The second-order valence-electron chi connectivity index (χ2n) is 6.77. The lowest BCUT2D eigenvalue weighted by molar-refractivity contribution is 0.603. The number of fused-ring (bicyclic) bond motifs is 1. The molecule has 2 aromatic rings. The number of allylic oxidation sites excluding steroid dienone is 1. The van der Waals surface area contributed by atoms with E-state index in [-0.39, 0.29) is 0 Å². The Morgan fingerprint density at radius 2 is 2.13 bits per heavy atom. The van der Waals surface area contributed by atoms with Crippen molar-refractivity contribution in [3.8, 4) is 0 Å². The van der Waals surface area contributed by atoms with E-state index in [1.165, 1.54) is 30.4 Å². The van der Waals surface area contributed by atoms with Gasteiger partial charge in [-0.1, -0.05) is 19.1 Å². The second kappa shape index (κ2) is 5.69. The molecule has 1 aliphatic heterocycles. The van der Waals surface area contributed by atoms with E-state index in [2.05, 4.69) is 46.5 Å². The van der Waals surface area contributed by atoms with Gasteiger partial charge in [-0.25, -0.2) is 4.98 Å². The first-order valence-electron chi connectivity index (χ1n) is 8.35. The maximum atomic E-state index is 6.04. The highest BCUT2D eigenvalue weighted by atomic mass is 14.9. The molecule has 1 aliphatic carbocycles. The number of nitrogens with zero attached hydrogens (tertiary/aromatic N) is 2. The highest BCUT2D eigenvalue weighted by Crippen LogP contribution is 2.32. The smallest absolute Gasteiger partial charge is 0.126 e. The lowest BCUT2D eigenvalue weighted by Gasteiger charge is -2.17. The lowest BCUT2D eigenvalue weighted by atomic mass is 10.0. The van der Waals surface area contributed by atoms with Crippen molar-refractivity contribution < 1.29 is 0 Å². The van der Waals surface area contributed by atoms with E-state index >= 15 is 0 Å². The van der Waals surface area contributed by atoms with Gasteiger partial charge in [-0.05, 0) is 48.5 Å². The van der Waals surface area contributed by atoms with Gasteiger partial charge in [-0.15, -0.1) is 0 Å². The molecule has 1 aromatic carbocycles. The molecule has 4 rings (SSSR count). The minimum Gasteiger partial charge on any atom is -0.384 e. The van der Waals surface area contributed by atoms with Crippen LogP contribution in [0.4, 0.5) is 11.5 Å². The molecule has 0 saturated heterocycles. The summed E-state index contributed by atoms with van der Waals surface area (Å²) in [5.41, 5.74) is 10.5. The Bertz CT molecular complexity index is 806. The number of aliphatic imine (C=N–C) groups is 1. The summed E-state index contributed by atoms with van der Waals surface area (Å²) in [6, 6.07) is 8.93. The van der Waals surface area contributed by atoms with Gasteiger partial charge in [0.25, 0.3) is 0 Å². The summed E-state index contributed by atoms with van der Waals surface area (Å²) in [7, 11) is 0. The minimum atomic E-state index is 0.542. The molecule has 0 unspecified atom stereocenters. The third kappa shape index (κ3) is 2.81. The molecule has 0 spiro atoms. The second-order valence-corrected chi connectivity index (χ2v) is 6.77. The van der Waals surface area contributed by atoms with Crippen LogP contribution in [0.25, 0.3) is 16.5 Å². The van der Waals surface area contributed by atoms with Gasteiger partial charge in [0.2, 0.25) is 0 Å². The Labute approximate surface area is 136 Å². The van der Waals surface area contributed by atoms with Crippen molar-refractivity contribution in [3.63, 3.8) is 0 Å². The van der Waals surface area contributed by atoms with Crippen LogP contribution in [0.3, 0.4) is 0 Å². The fourth-order valence-electron chi connectivity index (χ4n) is 3.66. The summed E-state index contributed by atoms with van der Waals surface area (Å²) in [5, 5.41) is 4.83. The van der Waals surface area contributed by atoms with Crippen molar-refractivity contribution in [2.75, 3.05) is 17.6 Å². The molecule has 2 heterocycles. The van der Waals surface area contributed by atoms with Gasteiger partial charge in [0.1, 0.15) is 5.82 Å². The summed E-state index contributed by atoms with van der Waals surface area (Å²) in [5.74, 6) is 1.37. The average molecular weight is 306 g/mol. The Morgan fingerprint density at radius 3 is 2.87 bits per heavy atom. The summed E-state index contributed by atoms with van der Waals surface area (Å²) in [6.07, 6.45) is 7.68. The number of hydrogen-bond donors (Lipinski definition) is 2.